The second-order valence-corrected chi connectivity index (χ2v) is 16.6. The first-order valence-electron chi connectivity index (χ1n) is 16.4. The second kappa shape index (κ2) is 20.1. The van der Waals surface area contributed by atoms with Crippen LogP contribution in [0.4, 0.5) is 0 Å². The van der Waals surface area contributed by atoms with Crippen LogP contribution in [0.2, 0.25) is 0 Å². The van der Waals surface area contributed by atoms with Crippen LogP contribution in [0.5, 0.6) is 0 Å². The molecule has 2 unspecified atom stereocenters. The van der Waals surface area contributed by atoms with E-state index in [0.717, 1.165) is 18.4 Å². The zero-order valence-corrected chi connectivity index (χ0v) is 30.8. The third kappa shape index (κ3) is 9.76. The van der Waals surface area contributed by atoms with Crippen LogP contribution in [0.15, 0.2) is 146 Å². The molecule has 0 spiro atoms. The maximum atomic E-state index is 12.3. The fraction of sp³-hybridized carbons (Fsp3) is 0.256. The Kier molecular flexibility index (Phi) is 16.6. The van der Waals surface area contributed by atoms with Gasteiger partial charge < -0.3 is 20.0 Å². The van der Waals surface area contributed by atoms with Gasteiger partial charge in [-0.2, -0.15) is 0 Å². The van der Waals surface area contributed by atoms with Gasteiger partial charge in [0.15, 0.2) is 0 Å². The van der Waals surface area contributed by atoms with Gasteiger partial charge in [0.05, 0.1) is 6.10 Å². The van der Waals surface area contributed by atoms with Crippen LogP contribution in [0.25, 0.3) is 0 Å². The Balaban J connectivity index is 0.000000688. The summed E-state index contributed by atoms with van der Waals surface area (Å²) in [4.78, 5) is 0. The summed E-state index contributed by atoms with van der Waals surface area (Å²) in [5, 5.41) is 19.0. The predicted octanol–water partition coefficient (Wildman–Crippen LogP) is 9.63. The number of aliphatic hydroxyl groups is 1. The molecular formula is C43H50FeOP2. The fourth-order valence-electron chi connectivity index (χ4n) is 7.00. The van der Waals surface area contributed by atoms with Crippen LogP contribution in [-0.2, 0) is 17.1 Å². The van der Waals surface area contributed by atoms with Crippen molar-refractivity contribution in [2.75, 3.05) is 0 Å². The third-order valence-corrected chi connectivity index (χ3v) is 14.6. The van der Waals surface area contributed by atoms with Crippen molar-refractivity contribution < 1.29 is 22.2 Å². The van der Waals surface area contributed by atoms with Crippen molar-refractivity contribution in [3.8, 4) is 0 Å². The molecule has 4 heteroatoms. The van der Waals surface area contributed by atoms with E-state index in [4.69, 9.17) is 0 Å². The minimum absolute atomic E-state index is 0. The number of benzene rings is 5. The Hall–Kier alpha value is -2.56. The minimum Gasteiger partial charge on any atom is -0.388 e. The van der Waals surface area contributed by atoms with Crippen LogP contribution in [0.1, 0.15) is 63.0 Å². The van der Waals surface area contributed by atoms with Crippen molar-refractivity contribution in [2.24, 2.45) is 5.92 Å². The molecule has 5 aromatic rings. The topological polar surface area (TPSA) is 20.2 Å². The summed E-state index contributed by atoms with van der Waals surface area (Å²) >= 11 is 0. The summed E-state index contributed by atoms with van der Waals surface area (Å²) in [6.45, 7) is 0. The number of hydrogen-bond acceptors (Lipinski definition) is 1. The monoisotopic (exact) mass is 700 g/mol. The summed E-state index contributed by atoms with van der Waals surface area (Å²) in [6, 6.07) is 52.4. The molecule has 0 aliphatic heterocycles. The summed E-state index contributed by atoms with van der Waals surface area (Å²) in [7, 11) is -1.37. The van der Waals surface area contributed by atoms with Gasteiger partial charge >= 0.3 is 17.1 Å². The Bertz CT molecular complexity index is 1460. The molecule has 7 rings (SSSR count). The molecule has 2 saturated carbocycles. The molecule has 0 aromatic heterocycles. The Morgan fingerprint density at radius 1 is 0.468 bits per heavy atom. The first-order valence-corrected chi connectivity index (χ1v) is 19.1. The summed E-state index contributed by atoms with van der Waals surface area (Å²) < 4.78 is 0. The molecule has 0 radical (unpaired) electrons. The van der Waals surface area contributed by atoms with Gasteiger partial charge in [-0.05, 0) is 72.3 Å². The molecule has 2 fully saturated rings. The molecule has 3 atom stereocenters. The van der Waals surface area contributed by atoms with Gasteiger partial charge in [0.2, 0.25) is 0 Å². The summed E-state index contributed by atoms with van der Waals surface area (Å²) in [5.41, 5.74) is 1.54. The molecule has 47 heavy (non-hydrogen) atoms. The molecule has 0 bridgehead atoms. The Morgan fingerprint density at radius 3 is 1.30 bits per heavy atom. The van der Waals surface area contributed by atoms with E-state index in [1.165, 1.54) is 65.0 Å². The summed E-state index contributed by atoms with van der Waals surface area (Å²) in [6.07, 6.45) is 10.4. The predicted molar refractivity (Wildman–Crippen MR) is 206 cm³/mol. The van der Waals surface area contributed by atoms with Gasteiger partial charge in [-0.15, -0.1) is 0 Å². The van der Waals surface area contributed by atoms with E-state index in [1.54, 1.807) is 0 Å². The van der Waals surface area contributed by atoms with Gasteiger partial charge in [-0.3, -0.25) is 0 Å². The van der Waals surface area contributed by atoms with E-state index < -0.39 is 21.9 Å². The molecule has 246 valence electrons. The second-order valence-electron chi connectivity index (χ2n) is 12.0. The van der Waals surface area contributed by atoms with E-state index >= 15 is 0 Å². The van der Waals surface area contributed by atoms with Crippen molar-refractivity contribution in [2.45, 2.75) is 63.1 Å². The van der Waals surface area contributed by atoms with E-state index in [0.29, 0.717) is 5.66 Å². The van der Waals surface area contributed by atoms with Gasteiger partial charge in [-0.25, -0.2) is 0 Å². The normalized spacial score (nSPS) is 17.4. The first-order chi connectivity index (χ1) is 21.8. The molecule has 1 nitrogen and oxygen atoms in total. The maximum Gasteiger partial charge on any atom is 2.00 e. The average molecular weight is 701 g/mol. The van der Waals surface area contributed by atoms with Crippen molar-refractivity contribution >= 4 is 42.4 Å². The van der Waals surface area contributed by atoms with E-state index in [1.807, 2.05) is 0 Å². The minimum atomic E-state index is -0.786. The van der Waals surface area contributed by atoms with Crippen molar-refractivity contribution in [1.82, 2.24) is 0 Å². The number of rotatable bonds is 8. The van der Waals surface area contributed by atoms with Crippen LogP contribution in [-0.4, -0.2) is 10.8 Å². The van der Waals surface area contributed by atoms with Crippen molar-refractivity contribution in [1.29, 1.82) is 0 Å². The average Bonchev–Trinajstić information content (AvgIpc) is 3.84. The summed E-state index contributed by atoms with van der Waals surface area (Å²) in [5.74, 6) is 0.223. The molecule has 1 N–H and O–H groups in total. The van der Waals surface area contributed by atoms with Crippen molar-refractivity contribution in [3.63, 3.8) is 0 Å². The molecule has 2 aliphatic carbocycles. The van der Waals surface area contributed by atoms with Gasteiger partial charge in [0, 0.05) is 0 Å². The quantitative estimate of drug-likeness (QED) is 0.0972. The van der Waals surface area contributed by atoms with Crippen LogP contribution >= 0.6 is 15.8 Å². The third-order valence-electron chi connectivity index (χ3n) is 9.11. The number of aliphatic hydroxyl groups excluding tert-OH is 1. The molecule has 2 aliphatic rings. The Morgan fingerprint density at radius 2 is 0.851 bits per heavy atom. The first kappa shape index (κ1) is 38.9. The van der Waals surface area contributed by atoms with Crippen LogP contribution in [0.3, 0.4) is 0 Å². The zero-order chi connectivity index (χ0) is 30.0. The standard InChI is InChI=1S/C36H34OP2.C5H10.2CH3.Fe/c37-36(33-25-15-27-35(33)39(30-20-9-3-10-21-30)31-22-11-4-12-23-31)32-24-13-14-26-34(32)38(28-16-5-1-6-17-28)29-18-7-2-8-19-29;1-2-4-5-3-1;;;/h1-14,16-24,26,33,35-37H,15,25,27H2;1-5H2;2*1H3;/q;;2*-1;+2/t33?,35?,36-;;;;/m0..../s1. The molecule has 0 amide bonds. The van der Waals surface area contributed by atoms with Crippen LogP contribution in [0, 0.1) is 20.8 Å². The van der Waals surface area contributed by atoms with Gasteiger partial charge in [0.1, 0.15) is 0 Å². The zero-order valence-electron chi connectivity index (χ0n) is 27.9. The molecule has 0 saturated heterocycles. The smallest absolute Gasteiger partial charge is 0.388 e. The Labute approximate surface area is 298 Å². The SMILES string of the molecule is C1CCCC1.O[C@@H](c1ccccc1P(c1ccccc1)c1ccccc1)C1CCCC1P(c1ccccc1)c1ccccc1.[CH3-].[CH3-].[Fe+2]. The van der Waals surface area contributed by atoms with Crippen LogP contribution < -0.4 is 26.5 Å². The molecule has 5 aromatic carbocycles. The van der Waals surface area contributed by atoms with E-state index in [2.05, 4.69) is 146 Å². The van der Waals surface area contributed by atoms with E-state index in [9.17, 15) is 5.11 Å². The van der Waals surface area contributed by atoms with E-state index in [-0.39, 0.29) is 37.8 Å². The van der Waals surface area contributed by atoms with Crippen molar-refractivity contribution in [3.05, 3.63) is 166 Å². The largest absolute Gasteiger partial charge is 2.00 e. The fourth-order valence-corrected chi connectivity index (χ4v) is 12.7. The molecule has 0 heterocycles. The van der Waals surface area contributed by atoms with Gasteiger partial charge in [0.25, 0.3) is 0 Å². The maximum absolute atomic E-state index is 12.3. The number of hydrogen-bond donors (Lipinski definition) is 1. The molecular weight excluding hydrogens is 650 g/mol. The van der Waals surface area contributed by atoms with Gasteiger partial charge in [-0.1, -0.05) is 184 Å².